The molecular weight excluding hydrogens is 326 g/mol. The van der Waals surface area contributed by atoms with Gasteiger partial charge in [0.15, 0.2) is 0 Å². The van der Waals surface area contributed by atoms with E-state index in [0.29, 0.717) is 15.6 Å². The van der Waals surface area contributed by atoms with Crippen LogP contribution in [0.4, 0.5) is 13.2 Å². The van der Waals surface area contributed by atoms with Crippen LogP contribution in [0.3, 0.4) is 0 Å². The molecule has 0 aliphatic heterocycles. The molecule has 7 heteroatoms. The standard InChI is InChI=1S/C14H10Cl2F3NO/c15-11-2-1-3-12(16)8(11)6-13(21)9-7-20-5-4-10(9)14(17,18)19/h1-5,7,13,21H,6H2. The number of aliphatic hydroxyl groups excluding tert-OH is 1. The van der Waals surface area contributed by atoms with E-state index in [1.165, 1.54) is 0 Å². The Labute approximate surface area is 129 Å². The normalized spacial score (nSPS) is 13.2. The summed E-state index contributed by atoms with van der Waals surface area (Å²) in [6, 6.07) is 5.56. The van der Waals surface area contributed by atoms with Gasteiger partial charge in [-0.1, -0.05) is 29.3 Å². The highest BCUT2D eigenvalue weighted by Crippen LogP contribution is 2.36. The van der Waals surface area contributed by atoms with Gasteiger partial charge in [-0.05, 0) is 23.8 Å². The molecule has 1 unspecified atom stereocenters. The van der Waals surface area contributed by atoms with Gasteiger partial charge >= 0.3 is 6.18 Å². The number of halogens is 5. The second-order valence-corrected chi connectivity index (χ2v) is 5.20. The fourth-order valence-corrected chi connectivity index (χ4v) is 2.51. The van der Waals surface area contributed by atoms with Crippen LogP contribution in [0.15, 0.2) is 36.7 Å². The number of aromatic nitrogens is 1. The summed E-state index contributed by atoms with van der Waals surface area (Å²) in [6.45, 7) is 0. The molecule has 0 amide bonds. The van der Waals surface area contributed by atoms with Gasteiger partial charge in [0.2, 0.25) is 0 Å². The van der Waals surface area contributed by atoms with Crippen molar-refractivity contribution in [2.45, 2.75) is 18.7 Å². The van der Waals surface area contributed by atoms with Crippen molar-refractivity contribution in [3.8, 4) is 0 Å². The topological polar surface area (TPSA) is 33.1 Å². The van der Waals surface area contributed by atoms with E-state index in [9.17, 15) is 18.3 Å². The summed E-state index contributed by atoms with van der Waals surface area (Å²) >= 11 is 11.9. The van der Waals surface area contributed by atoms with Crippen molar-refractivity contribution in [2.75, 3.05) is 0 Å². The van der Waals surface area contributed by atoms with Crippen molar-refractivity contribution in [1.82, 2.24) is 4.98 Å². The average molecular weight is 336 g/mol. The summed E-state index contributed by atoms with van der Waals surface area (Å²) in [6.07, 6.45) is -4.08. The van der Waals surface area contributed by atoms with Gasteiger partial charge in [-0.25, -0.2) is 0 Å². The van der Waals surface area contributed by atoms with Crippen molar-refractivity contribution in [1.29, 1.82) is 0 Å². The minimum absolute atomic E-state index is 0.132. The zero-order chi connectivity index (χ0) is 15.6. The molecule has 0 aliphatic rings. The highest BCUT2D eigenvalue weighted by atomic mass is 35.5. The largest absolute Gasteiger partial charge is 0.416 e. The number of pyridine rings is 1. The van der Waals surface area contributed by atoms with Gasteiger partial charge in [0.25, 0.3) is 0 Å². The molecule has 112 valence electrons. The Morgan fingerprint density at radius 3 is 2.33 bits per heavy atom. The minimum atomic E-state index is -4.57. The van der Waals surface area contributed by atoms with Crippen LogP contribution in [0, 0.1) is 0 Å². The number of nitrogens with zero attached hydrogens (tertiary/aromatic N) is 1. The zero-order valence-corrected chi connectivity index (χ0v) is 12.0. The molecule has 2 aromatic rings. The van der Waals surface area contributed by atoms with E-state index in [0.717, 1.165) is 18.5 Å². The summed E-state index contributed by atoms with van der Waals surface area (Å²) in [5.74, 6) is 0. The third-order valence-electron chi connectivity index (χ3n) is 2.98. The lowest BCUT2D eigenvalue weighted by Crippen LogP contribution is -2.14. The van der Waals surface area contributed by atoms with Gasteiger partial charge in [-0.3, -0.25) is 4.98 Å². The van der Waals surface area contributed by atoms with Gasteiger partial charge in [0, 0.05) is 34.4 Å². The maximum Gasteiger partial charge on any atom is 0.416 e. The quantitative estimate of drug-likeness (QED) is 0.883. The van der Waals surface area contributed by atoms with Gasteiger partial charge in [0.05, 0.1) is 11.7 Å². The predicted molar refractivity (Wildman–Crippen MR) is 74.4 cm³/mol. The Morgan fingerprint density at radius 1 is 1.14 bits per heavy atom. The van der Waals surface area contributed by atoms with Crippen LogP contribution < -0.4 is 0 Å². The maximum atomic E-state index is 12.9. The molecule has 1 heterocycles. The molecule has 2 rings (SSSR count). The summed E-state index contributed by atoms with van der Waals surface area (Å²) in [7, 11) is 0. The lowest BCUT2D eigenvalue weighted by molar-refractivity contribution is -0.139. The van der Waals surface area contributed by atoms with Gasteiger partial charge in [-0.15, -0.1) is 0 Å². The van der Waals surface area contributed by atoms with Gasteiger partial charge in [0.1, 0.15) is 0 Å². The summed E-state index contributed by atoms with van der Waals surface area (Å²) in [5, 5.41) is 10.7. The number of alkyl halides is 3. The molecule has 2 nitrogen and oxygen atoms in total. The molecule has 0 saturated heterocycles. The second kappa shape index (κ2) is 6.22. The van der Waals surface area contributed by atoms with Crippen LogP contribution in [-0.4, -0.2) is 10.1 Å². The lowest BCUT2D eigenvalue weighted by Gasteiger charge is -2.18. The Morgan fingerprint density at radius 2 is 1.76 bits per heavy atom. The molecular formula is C14H10Cl2F3NO. The fraction of sp³-hybridized carbons (Fsp3) is 0.214. The zero-order valence-electron chi connectivity index (χ0n) is 10.5. The molecule has 0 aliphatic carbocycles. The fourth-order valence-electron chi connectivity index (χ4n) is 1.96. The molecule has 0 fully saturated rings. The Balaban J connectivity index is 2.36. The Hall–Kier alpha value is -1.30. The van der Waals surface area contributed by atoms with Gasteiger partial charge < -0.3 is 5.11 Å². The molecule has 1 atom stereocenters. The maximum absolute atomic E-state index is 12.9. The first-order valence-electron chi connectivity index (χ1n) is 5.92. The van der Waals surface area contributed by atoms with Crippen molar-refractivity contribution >= 4 is 23.2 Å². The van der Waals surface area contributed by atoms with Crippen LogP contribution in [0.1, 0.15) is 22.8 Å². The first-order chi connectivity index (χ1) is 9.80. The van der Waals surface area contributed by atoms with E-state index >= 15 is 0 Å². The van der Waals surface area contributed by atoms with Crippen molar-refractivity contribution < 1.29 is 18.3 Å². The molecule has 1 aromatic carbocycles. The van der Waals surface area contributed by atoms with E-state index in [1.54, 1.807) is 18.2 Å². The first-order valence-corrected chi connectivity index (χ1v) is 6.68. The smallest absolute Gasteiger partial charge is 0.388 e. The number of hydrogen-bond acceptors (Lipinski definition) is 2. The first kappa shape index (κ1) is 16.1. The van der Waals surface area contributed by atoms with Crippen LogP contribution in [0.2, 0.25) is 10.0 Å². The van der Waals surface area contributed by atoms with E-state index in [2.05, 4.69) is 4.98 Å². The summed E-state index contributed by atoms with van der Waals surface area (Å²) in [4.78, 5) is 3.64. The second-order valence-electron chi connectivity index (χ2n) is 4.38. The number of rotatable bonds is 3. The van der Waals surface area contributed by atoms with Gasteiger partial charge in [-0.2, -0.15) is 13.2 Å². The van der Waals surface area contributed by atoms with Crippen LogP contribution in [0.25, 0.3) is 0 Å². The van der Waals surface area contributed by atoms with Crippen LogP contribution >= 0.6 is 23.2 Å². The number of aliphatic hydroxyl groups is 1. The monoisotopic (exact) mass is 335 g/mol. The molecule has 1 N–H and O–H groups in total. The van der Waals surface area contributed by atoms with Crippen molar-refractivity contribution in [3.05, 3.63) is 63.4 Å². The molecule has 1 aromatic heterocycles. The average Bonchev–Trinajstić information content (AvgIpc) is 2.42. The number of benzene rings is 1. The van der Waals surface area contributed by atoms with E-state index < -0.39 is 17.8 Å². The lowest BCUT2D eigenvalue weighted by atomic mass is 9.98. The van der Waals surface area contributed by atoms with E-state index in [1.807, 2.05) is 0 Å². The Bertz CT molecular complexity index is 626. The Kier molecular flexibility index (Phi) is 4.76. The molecule has 0 bridgehead atoms. The predicted octanol–water partition coefficient (Wildman–Crippen LogP) is 4.68. The molecule has 0 spiro atoms. The minimum Gasteiger partial charge on any atom is -0.388 e. The number of hydrogen-bond donors (Lipinski definition) is 1. The summed E-state index contributed by atoms with van der Waals surface area (Å²) < 4.78 is 38.7. The van der Waals surface area contributed by atoms with E-state index in [4.69, 9.17) is 23.2 Å². The van der Waals surface area contributed by atoms with Crippen molar-refractivity contribution in [3.63, 3.8) is 0 Å². The SMILES string of the molecule is OC(Cc1c(Cl)cccc1Cl)c1cnccc1C(F)(F)F. The summed E-state index contributed by atoms with van der Waals surface area (Å²) in [5.41, 5.74) is -0.834. The molecule has 0 radical (unpaired) electrons. The van der Waals surface area contributed by atoms with Crippen LogP contribution in [-0.2, 0) is 12.6 Å². The molecule has 0 saturated carbocycles. The third kappa shape index (κ3) is 3.67. The van der Waals surface area contributed by atoms with E-state index in [-0.39, 0.29) is 12.0 Å². The highest BCUT2D eigenvalue weighted by molar-refractivity contribution is 6.36. The highest BCUT2D eigenvalue weighted by Gasteiger charge is 2.35. The van der Waals surface area contributed by atoms with Crippen LogP contribution in [0.5, 0.6) is 0 Å². The third-order valence-corrected chi connectivity index (χ3v) is 3.68. The van der Waals surface area contributed by atoms with Crippen molar-refractivity contribution in [2.24, 2.45) is 0 Å². The molecule has 21 heavy (non-hydrogen) atoms.